The topological polar surface area (TPSA) is 69.9 Å². The summed E-state index contributed by atoms with van der Waals surface area (Å²) in [6.45, 7) is 6.62. The summed E-state index contributed by atoms with van der Waals surface area (Å²) in [6.07, 6.45) is 3.56. The molecule has 3 N–H and O–H groups in total. The van der Waals surface area contributed by atoms with Crippen LogP contribution >= 0.6 is 0 Å². The van der Waals surface area contributed by atoms with E-state index in [2.05, 4.69) is 20.8 Å². The van der Waals surface area contributed by atoms with E-state index in [0.29, 0.717) is 5.92 Å². The second-order valence-corrected chi connectivity index (χ2v) is 5.08. The molecule has 0 aromatic rings. The molecule has 0 aromatic carbocycles. The molecule has 3 rings (SSSR count). The molecule has 4 nitrogen and oxygen atoms in total. The average molecular weight is 204 g/mol. The van der Waals surface area contributed by atoms with E-state index in [1.807, 2.05) is 0 Å². The first kappa shape index (κ1) is 11.9. The molecule has 0 heterocycles. The van der Waals surface area contributed by atoms with E-state index in [1.54, 1.807) is 0 Å². The first-order valence-electron chi connectivity index (χ1n) is 5.07. The van der Waals surface area contributed by atoms with Crippen LogP contribution in [0.3, 0.4) is 0 Å². The smallest absolute Gasteiger partial charge is 0.111 e. The van der Waals surface area contributed by atoms with E-state index in [4.69, 9.17) is 20.7 Å². The number of fused-ring (bicyclic) bond motifs is 2. The van der Waals surface area contributed by atoms with Gasteiger partial charge in [0.15, 0.2) is 0 Å². The van der Waals surface area contributed by atoms with Gasteiger partial charge in [0.2, 0.25) is 0 Å². The second-order valence-electron chi connectivity index (χ2n) is 5.08. The van der Waals surface area contributed by atoms with Crippen molar-refractivity contribution in [1.82, 2.24) is 0 Å². The normalized spacial score (nSPS) is 43.3. The molecule has 0 spiro atoms. The molecule has 2 bridgehead atoms. The molecule has 3 unspecified atom stereocenters. The third-order valence-corrected chi connectivity index (χ3v) is 4.57. The van der Waals surface area contributed by atoms with Crippen molar-refractivity contribution in [2.45, 2.75) is 45.6 Å². The molecule has 14 heavy (non-hydrogen) atoms. The highest BCUT2D eigenvalue weighted by Crippen LogP contribution is 2.65. The molecule has 0 saturated heterocycles. The fourth-order valence-corrected chi connectivity index (χ4v) is 3.33. The van der Waals surface area contributed by atoms with Crippen LogP contribution in [0.1, 0.15) is 40.0 Å². The molecule has 0 radical (unpaired) electrons. The van der Waals surface area contributed by atoms with Crippen LogP contribution in [0.2, 0.25) is 0 Å². The summed E-state index contributed by atoms with van der Waals surface area (Å²) < 4.78 is 0. The van der Waals surface area contributed by atoms with Crippen molar-refractivity contribution < 1.29 is 20.7 Å². The zero-order valence-electron chi connectivity index (χ0n) is 9.03. The number of hydrogen-bond acceptors (Lipinski definition) is 4. The number of hydrogen-bond donors (Lipinski definition) is 3. The summed E-state index contributed by atoms with van der Waals surface area (Å²) in [5.74, 6) is 1.27. The third-order valence-electron chi connectivity index (χ3n) is 4.57. The molecule has 3 atom stereocenters. The molecule has 0 amide bonds. The SMILES string of the molecule is CC1CCC2CC1(OO)C2(C)C.OO. The highest BCUT2D eigenvalue weighted by molar-refractivity contribution is 5.14. The quantitative estimate of drug-likeness (QED) is 0.453. The van der Waals surface area contributed by atoms with E-state index in [1.165, 1.54) is 12.8 Å². The minimum absolute atomic E-state index is 0.180. The van der Waals surface area contributed by atoms with Crippen LogP contribution in [0, 0.1) is 17.3 Å². The summed E-state index contributed by atoms with van der Waals surface area (Å²) in [4.78, 5) is 4.77. The Morgan fingerprint density at radius 2 is 1.79 bits per heavy atom. The molecule has 3 fully saturated rings. The Labute approximate surface area is 84.4 Å². The summed E-state index contributed by atoms with van der Waals surface area (Å²) in [5.41, 5.74) is -0.0463. The fraction of sp³-hybridized carbons (Fsp3) is 1.00. The Kier molecular flexibility index (Phi) is 3.21. The summed E-state index contributed by atoms with van der Waals surface area (Å²) in [5, 5.41) is 21.0. The lowest BCUT2D eigenvalue weighted by atomic mass is 9.43. The van der Waals surface area contributed by atoms with Crippen LogP contribution in [0.5, 0.6) is 0 Å². The monoisotopic (exact) mass is 204 g/mol. The van der Waals surface area contributed by atoms with Gasteiger partial charge in [-0.05, 0) is 31.1 Å². The maximum Gasteiger partial charge on any atom is 0.111 e. The number of rotatable bonds is 1. The maximum atomic E-state index is 8.99. The lowest BCUT2D eigenvalue weighted by Crippen LogP contribution is -2.67. The lowest BCUT2D eigenvalue weighted by Gasteiger charge is -2.65. The van der Waals surface area contributed by atoms with Crippen LogP contribution in [0.15, 0.2) is 0 Å². The zero-order valence-corrected chi connectivity index (χ0v) is 9.03. The van der Waals surface area contributed by atoms with E-state index < -0.39 is 0 Å². The van der Waals surface area contributed by atoms with Gasteiger partial charge in [0.05, 0.1) is 0 Å². The van der Waals surface area contributed by atoms with Gasteiger partial charge in [-0.2, -0.15) is 0 Å². The standard InChI is InChI=1S/C10H18O2.H2O2/c1-7-4-5-8-6-10(7,12-11)9(8,2)3;1-2/h7-8,11H,4-6H2,1-3H3;1-2H. The molecule has 0 aliphatic heterocycles. The van der Waals surface area contributed by atoms with Crippen molar-refractivity contribution in [2.24, 2.45) is 17.3 Å². The predicted molar refractivity (Wildman–Crippen MR) is 52.0 cm³/mol. The first-order chi connectivity index (χ1) is 6.54. The van der Waals surface area contributed by atoms with Crippen molar-refractivity contribution in [1.29, 1.82) is 0 Å². The van der Waals surface area contributed by atoms with Gasteiger partial charge in [-0.3, -0.25) is 15.8 Å². The van der Waals surface area contributed by atoms with Crippen LogP contribution in [0.25, 0.3) is 0 Å². The van der Waals surface area contributed by atoms with Gasteiger partial charge in [-0.15, -0.1) is 0 Å². The van der Waals surface area contributed by atoms with Gasteiger partial charge in [-0.1, -0.05) is 20.8 Å². The third kappa shape index (κ3) is 1.21. The van der Waals surface area contributed by atoms with Gasteiger partial charge in [0.1, 0.15) is 5.60 Å². The minimum atomic E-state index is -0.226. The van der Waals surface area contributed by atoms with E-state index in [-0.39, 0.29) is 11.0 Å². The Morgan fingerprint density at radius 1 is 1.21 bits per heavy atom. The molecule has 84 valence electrons. The van der Waals surface area contributed by atoms with Crippen molar-refractivity contribution in [2.75, 3.05) is 0 Å². The first-order valence-corrected chi connectivity index (χ1v) is 5.07. The van der Waals surface area contributed by atoms with Crippen molar-refractivity contribution in [3.63, 3.8) is 0 Å². The summed E-state index contributed by atoms with van der Waals surface area (Å²) >= 11 is 0. The Balaban J connectivity index is 0.000000461. The largest absolute Gasteiger partial charge is 0.255 e. The molecule has 3 saturated carbocycles. The second kappa shape index (κ2) is 3.77. The minimum Gasteiger partial charge on any atom is -0.255 e. The molecule has 4 heteroatoms. The van der Waals surface area contributed by atoms with Crippen LogP contribution < -0.4 is 0 Å². The van der Waals surface area contributed by atoms with Crippen LogP contribution in [-0.4, -0.2) is 21.4 Å². The Hall–Kier alpha value is -0.160. The van der Waals surface area contributed by atoms with Crippen molar-refractivity contribution >= 4 is 0 Å². The van der Waals surface area contributed by atoms with Gasteiger partial charge < -0.3 is 0 Å². The van der Waals surface area contributed by atoms with Crippen molar-refractivity contribution in [3.05, 3.63) is 0 Å². The average Bonchev–Trinajstić information content (AvgIpc) is 2.20. The highest BCUT2D eigenvalue weighted by Gasteiger charge is 2.66. The van der Waals surface area contributed by atoms with Gasteiger partial charge in [0, 0.05) is 5.41 Å². The van der Waals surface area contributed by atoms with Crippen LogP contribution in [-0.2, 0) is 4.89 Å². The van der Waals surface area contributed by atoms with Gasteiger partial charge >= 0.3 is 0 Å². The fourth-order valence-electron chi connectivity index (χ4n) is 3.33. The van der Waals surface area contributed by atoms with E-state index in [9.17, 15) is 0 Å². The molecule has 3 aliphatic carbocycles. The summed E-state index contributed by atoms with van der Waals surface area (Å²) in [6, 6.07) is 0. The van der Waals surface area contributed by atoms with Crippen molar-refractivity contribution in [3.8, 4) is 0 Å². The maximum absolute atomic E-state index is 8.99. The highest BCUT2D eigenvalue weighted by atomic mass is 17.1. The van der Waals surface area contributed by atoms with Gasteiger partial charge in [0.25, 0.3) is 0 Å². The zero-order chi connectivity index (χ0) is 11.0. The molecule has 0 aromatic heterocycles. The predicted octanol–water partition coefficient (Wildman–Crippen LogP) is 2.71. The summed E-state index contributed by atoms with van der Waals surface area (Å²) in [7, 11) is 0. The Morgan fingerprint density at radius 3 is 2.07 bits per heavy atom. The van der Waals surface area contributed by atoms with Gasteiger partial charge in [-0.25, -0.2) is 4.89 Å². The molecule has 3 aliphatic rings. The van der Waals surface area contributed by atoms with E-state index in [0.717, 1.165) is 12.3 Å². The van der Waals surface area contributed by atoms with E-state index >= 15 is 0 Å². The lowest BCUT2D eigenvalue weighted by molar-refractivity contribution is -0.419. The Bertz CT molecular complexity index is 204. The molecular weight excluding hydrogens is 184 g/mol. The molecular formula is C10H20O4. The van der Waals surface area contributed by atoms with Crippen LogP contribution in [0.4, 0.5) is 0 Å².